The van der Waals surface area contributed by atoms with E-state index in [1.165, 1.54) is 5.55 Å². The average molecular weight is 102 g/mol. The fourth-order valence-corrected chi connectivity index (χ4v) is 0.260. The second-order valence-electron chi connectivity index (χ2n) is 0.830. The van der Waals surface area contributed by atoms with Crippen LogP contribution in [0.25, 0.3) is 0 Å². The third kappa shape index (κ3) is 3.69. The van der Waals surface area contributed by atoms with Gasteiger partial charge in [-0.2, -0.15) is 0 Å². The molecular weight excluding hydrogens is 96.1 g/mol. The summed E-state index contributed by atoms with van der Waals surface area (Å²) < 4.78 is 0. The van der Waals surface area contributed by atoms with E-state index < -0.39 is 0 Å². The third-order valence-corrected chi connectivity index (χ3v) is 0.367. The maximum absolute atomic E-state index is 6.65. The molecule has 0 aromatic rings. The van der Waals surface area contributed by atoms with Crippen molar-refractivity contribution in [1.29, 1.82) is 5.41 Å². The minimum atomic E-state index is 0.282. The molecule has 3 heteroatoms. The molecule has 0 bridgehead atoms. The predicted molar refractivity (Wildman–Crippen MR) is 30.9 cm³/mol. The van der Waals surface area contributed by atoms with Gasteiger partial charge in [0.15, 0.2) is 0 Å². The van der Waals surface area contributed by atoms with Crippen molar-refractivity contribution in [2.45, 2.75) is 6.92 Å². The maximum Gasteiger partial charge on any atom is 0.117 e. The lowest BCUT2D eigenvalue weighted by atomic mass is 10.7. The Balaban J connectivity index is 3.30. The molecule has 0 amide bonds. The number of nitrogens with one attached hydrogen (secondary N) is 1. The fraction of sp³-hybridized carbons (Fsp3) is 0.333. The topological polar surface area (TPSA) is 36.2 Å². The number of amidine groups is 1. The molecule has 6 heavy (non-hydrogen) atoms. The van der Waals surface area contributed by atoms with E-state index in [1.54, 1.807) is 6.92 Å². The molecule has 0 rings (SSSR count). The smallest absolute Gasteiger partial charge is 0.117 e. The minimum absolute atomic E-state index is 0.282. The normalized spacial score (nSPS) is 9.67. The zero-order valence-corrected chi connectivity index (χ0v) is 4.37. The molecule has 0 aliphatic carbocycles. The Kier molecular flexibility index (Phi) is 2.75. The first-order valence-corrected chi connectivity index (χ1v) is 2.01. The van der Waals surface area contributed by atoms with Crippen LogP contribution >= 0.6 is 12.6 Å². The first-order chi connectivity index (χ1) is 2.77. The lowest BCUT2D eigenvalue weighted by molar-refractivity contribution is 1.42. The highest BCUT2D eigenvalue weighted by Gasteiger charge is 1.67. The van der Waals surface area contributed by atoms with Gasteiger partial charge in [0.05, 0.1) is 5.55 Å². The van der Waals surface area contributed by atoms with Crippen LogP contribution in [0, 0.1) is 5.41 Å². The van der Waals surface area contributed by atoms with E-state index in [1.807, 2.05) is 0 Å². The fourth-order valence-electron chi connectivity index (χ4n) is 0.0866. The summed E-state index contributed by atoms with van der Waals surface area (Å²) in [6.07, 6.45) is 0. The van der Waals surface area contributed by atoms with Crippen LogP contribution in [0.2, 0.25) is 0 Å². The van der Waals surface area contributed by atoms with Crippen LogP contribution in [0.3, 0.4) is 0 Å². The maximum atomic E-state index is 6.65. The van der Waals surface area contributed by atoms with Gasteiger partial charge >= 0.3 is 0 Å². The standard InChI is InChI=1S/C3H6N2S/c1-3(4)5-2-6/h2H,1H3,(H2,4,5,6). The molecule has 0 aromatic heterocycles. The number of nitrogens with zero attached hydrogens (tertiary/aromatic N) is 1. The average Bonchev–Trinajstić information content (AvgIpc) is 1.35. The highest BCUT2D eigenvalue weighted by atomic mass is 32.1. The van der Waals surface area contributed by atoms with Crippen molar-refractivity contribution >= 4 is 24.0 Å². The van der Waals surface area contributed by atoms with Gasteiger partial charge in [-0.15, -0.1) is 12.6 Å². The van der Waals surface area contributed by atoms with Crippen LogP contribution in [0.1, 0.15) is 6.92 Å². The molecule has 0 radical (unpaired) electrons. The molecule has 0 aliphatic heterocycles. The Morgan fingerprint density at radius 1 is 2.00 bits per heavy atom. The van der Waals surface area contributed by atoms with Gasteiger partial charge in [-0.25, -0.2) is 4.99 Å². The SMILES string of the molecule is CC(=N)/N=C\S. The second-order valence-corrected chi connectivity index (χ2v) is 1.06. The van der Waals surface area contributed by atoms with E-state index in [4.69, 9.17) is 5.41 Å². The van der Waals surface area contributed by atoms with Crippen LogP contribution in [0.4, 0.5) is 0 Å². The molecule has 0 spiro atoms. The monoisotopic (exact) mass is 102 g/mol. The summed E-state index contributed by atoms with van der Waals surface area (Å²) in [6, 6.07) is 0. The Morgan fingerprint density at radius 3 is 2.50 bits per heavy atom. The Bertz CT molecular complexity index is 76.9. The summed E-state index contributed by atoms with van der Waals surface area (Å²) >= 11 is 3.63. The van der Waals surface area contributed by atoms with Crippen LogP contribution in [-0.4, -0.2) is 11.4 Å². The summed E-state index contributed by atoms with van der Waals surface area (Å²) in [4.78, 5) is 3.45. The van der Waals surface area contributed by atoms with Crippen molar-refractivity contribution < 1.29 is 0 Å². The summed E-state index contributed by atoms with van der Waals surface area (Å²) in [5, 5.41) is 6.65. The van der Waals surface area contributed by atoms with Gasteiger partial charge in [0, 0.05) is 0 Å². The summed E-state index contributed by atoms with van der Waals surface area (Å²) in [5.74, 6) is 0.282. The highest BCUT2D eigenvalue weighted by molar-refractivity contribution is 7.94. The van der Waals surface area contributed by atoms with Crippen molar-refractivity contribution in [3.05, 3.63) is 0 Å². The van der Waals surface area contributed by atoms with Crippen molar-refractivity contribution in [2.75, 3.05) is 0 Å². The number of hydrogen-bond donors (Lipinski definition) is 2. The molecule has 0 aromatic carbocycles. The molecule has 0 heterocycles. The van der Waals surface area contributed by atoms with Crippen LogP contribution in [0.5, 0.6) is 0 Å². The quantitative estimate of drug-likeness (QED) is 0.259. The summed E-state index contributed by atoms with van der Waals surface area (Å²) in [6.45, 7) is 1.59. The Hall–Kier alpha value is -0.310. The Labute approximate surface area is 42.2 Å². The third-order valence-electron chi connectivity index (χ3n) is 0.251. The summed E-state index contributed by atoms with van der Waals surface area (Å²) in [7, 11) is 0. The number of rotatable bonds is 0. The zero-order valence-electron chi connectivity index (χ0n) is 3.47. The molecule has 34 valence electrons. The molecule has 0 unspecified atom stereocenters. The lowest BCUT2D eigenvalue weighted by Crippen LogP contribution is -1.76. The lowest BCUT2D eigenvalue weighted by Gasteiger charge is -1.74. The Morgan fingerprint density at radius 2 is 2.50 bits per heavy atom. The first-order valence-electron chi connectivity index (χ1n) is 1.49. The molecule has 0 atom stereocenters. The molecule has 0 fully saturated rings. The van der Waals surface area contributed by atoms with Crippen molar-refractivity contribution in [3.8, 4) is 0 Å². The molecular formula is C3H6N2S. The number of thiol groups is 1. The van der Waals surface area contributed by atoms with Gasteiger partial charge in [-0.3, -0.25) is 5.41 Å². The second kappa shape index (κ2) is 2.90. The van der Waals surface area contributed by atoms with Gasteiger partial charge in [0.25, 0.3) is 0 Å². The minimum Gasteiger partial charge on any atom is -0.287 e. The van der Waals surface area contributed by atoms with Crippen molar-refractivity contribution in [3.63, 3.8) is 0 Å². The van der Waals surface area contributed by atoms with Crippen LogP contribution in [-0.2, 0) is 0 Å². The number of aliphatic imine (C=N–C) groups is 1. The van der Waals surface area contributed by atoms with E-state index >= 15 is 0 Å². The van der Waals surface area contributed by atoms with Crippen LogP contribution in [0.15, 0.2) is 4.99 Å². The molecule has 2 nitrogen and oxygen atoms in total. The first kappa shape index (κ1) is 5.69. The van der Waals surface area contributed by atoms with Gasteiger partial charge < -0.3 is 0 Å². The van der Waals surface area contributed by atoms with Gasteiger partial charge in [0.1, 0.15) is 5.84 Å². The van der Waals surface area contributed by atoms with E-state index in [9.17, 15) is 0 Å². The van der Waals surface area contributed by atoms with Gasteiger partial charge in [-0.05, 0) is 6.92 Å². The predicted octanol–water partition coefficient (Wildman–Crippen LogP) is 0.942. The van der Waals surface area contributed by atoms with E-state index in [2.05, 4.69) is 17.6 Å². The molecule has 1 N–H and O–H groups in total. The van der Waals surface area contributed by atoms with E-state index in [0.29, 0.717) is 0 Å². The molecule has 0 aliphatic rings. The van der Waals surface area contributed by atoms with E-state index in [0.717, 1.165) is 0 Å². The zero-order chi connectivity index (χ0) is 4.99. The van der Waals surface area contributed by atoms with Gasteiger partial charge in [-0.1, -0.05) is 0 Å². The molecule has 0 saturated heterocycles. The van der Waals surface area contributed by atoms with E-state index in [-0.39, 0.29) is 5.84 Å². The summed E-state index contributed by atoms with van der Waals surface area (Å²) in [5.41, 5.74) is 1.29. The van der Waals surface area contributed by atoms with Crippen molar-refractivity contribution in [1.82, 2.24) is 0 Å². The molecule has 0 saturated carbocycles. The van der Waals surface area contributed by atoms with Crippen molar-refractivity contribution in [2.24, 2.45) is 4.99 Å². The highest BCUT2D eigenvalue weighted by Crippen LogP contribution is 1.69. The largest absolute Gasteiger partial charge is 0.287 e. The van der Waals surface area contributed by atoms with Gasteiger partial charge in [0.2, 0.25) is 0 Å². The number of hydrogen-bond acceptors (Lipinski definition) is 1. The van der Waals surface area contributed by atoms with Crippen LogP contribution < -0.4 is 0 Å².